The zero-order valence-corrected chi connectivity index (χ0v) is 10.2. The van der Waals surface area contributed by atoms with Gasteiger partial charge in [-0.05, 0) is 19.4 Å². The summed E-state index contributed by atoms with van der Waals surface area (Å²) >= 11 is 0. The maximum absolute atomic E-state index is 10.7. The maximum atomic E-state index is 10.7. The average molecular weight is 243 g/mol. The summed E-state index contributed by atoms with van der Waals surface area (Å²) in [5.41, 5.74) is 1.94. The van der Waals surface area contributed by atoms with E-state index in [0.717, 1.165) is 11.1 Å². The number of nitrogens with zero attached hydrogens (tertiary/aromatic N) is 3. The Morgan fingerprint density at radius 1 is 1.17 bits per heavy atom. The number of aliphatic carboxylic acids is 1. The molecule has 5 nitrogen and oxygen atoms in total. The second kappa shape index (κ2) is 4.91. The van der Waals surface area contributed by atoms with E-state index < -0.39 is 5.97 Å². The molecule has 0 unspecified atom stereocenters. The molecule has 0 aliphatic rings. The van der Waals surface area contributed by atoms with Crippen molar-refractivity contribution in [2.45, 2.75) is 20.3 Å². The Morgan fingerprint density at radius 2 is 1.89 bits per heavy atom. The Hall–Kier alpha value is -2.30. The first kappa shape index (κ1) is 12.2. The van der Waals surface area contributed by atoms with Gasteiger partial charge in [-0.15, -0.1) is 0 Å². The highest BCUT2D eigenvalue weighted by Gasteiger charge is 2.10. The van der Waals surface area contributed by atoms with Gasteiger partial charge in [-0.3, -0.25) is 4.79 Å². The molecule has 0 radical (unpaired) electrons. The van der Waals surface area contributed by atoms with Crippen molar-refractivity contribution >= 4 is 5.97 Å². The van der Waals surface area contributed by atoms with Gasteiger partial charge in [-0.1, -0.05) is 24.3 Å². The summed E-state index contributed by atoms with van der Waals surface area (Å²) < 4.78 is 0. The molecule has 0 bridgehead atoms. The minimum Gasteiger partial charge on any atom is -0.481 e. The number of carboxylic acid groups (broad SMARTS) is 1. The van der Waals surface area contributed by atoms with Gasteiger partial charge < -0.3 is 5.11 Å². The zero-order chi connectivity index (χ0) is 13.1. The summed E-state index contributed by atoms with van der Waals surface area (Å²) in [7, 11) is 0. The quantitative estimate of drug-likeness (QED) is 0.889. The Balaban J connectivity index is 2.48. The number of carbonyl (C=O) groups is 1. The molecule has 0 fully saturated rings. The number of carboxylic acids is 1. The van der Waals surface area contributed by atoms with Gasteiger partial charge in [-0.25, -0.2) is 15.0 Å². The highest BCUT2D eigenvalue weighted by atomic mass is 16.4. The molecule has 0 saturated carbocycles. The van der Waals surface area contributed by atoms with Crippen molar-refractivity contribution in [3.63, 3.8) is 0 Å². The monoisotopic (exact) mass is 243 g/mol. The third kappa shape index (κ3) is 2.68. The predicted molar refractivity (Wildman–Crippen MR) is 66.1 cm³/mol. The van der Waals surface area contributed by atoms with E-state index in [-0.39, 0.29) is 12.2 Å². The van der Waals surface area contributed by atoms with Crippen molar-refractivity contribution in [3.05, 3.63) is 41.5 Å². The van der Waals surface area contributed by atoms with E-state index in [9.17, 15) is 4.79 Å². The molecule has 0 atom stereocenters. The molecular weight excluding hydrogens is 230 g/mol. The molecule has 2 aromatic rings. The molecule has 18 heavy (non-hydrogen) atoms. The lowest BCUT2D eigenvalue weighted by molar-refractivity contribution is -0.136. The summed E-state index contributed by atoms with van der Waals surface area (Å²) in [6.07, 6.45) is -0.192. The molecular formula is C13H13N3O2. The Labute approximate surface area is 105 Å². The summed E-state index contributed by atoms with van der Waals surface area (Å²) in [6.45, 7) is 3.69. The largest absolute Gasteiger partial charge is 0.481 e. The topological polar surface area (TPSA) is 76.0 Å². The van der Waals surface area contributed by atoms with E-state index in [2.05, 4.69) is 15.0 Å². The standard InChI is InChI=1S/C13H13N3O2/c1-8-5-3-4-6-10(8)13-15-9(2)14-11(16-13)7-12(17)18/h3-6H,7H2,1-2H3,(H,17,18). The van der Waals surface area contributed by atoms with Crippen LogP contribution in [0.4, 0.5) is 0 Å². The molecule has 0 spiro atoms. The van der Waals surface area contributed by atoms with Crippen LogP contribution in [0.2, 0.25) is 0 Å². The minimum absolute atomic E-state index is 0.192. The second-order valence-electron chi connectivity index (χ2n) is 4.01. The number of benzene rings is 1. The van der Waals surface area contributed by atoms with Gasteiger partial charge in [-0.2, -0.15) is 0 Å². The van der Waals surface area contributed by atoms with Gasteiger partial charge in [0.15, 0.2) is 5.82 Å². The lowest BCUT2D eigenvalue weighted by atomic mass is 10.1. The van der Waals surface area contributed by atoms with Crippen molar-refractivity contribution in [2.24, 2.45) is 0 Å². The van der Waals surface area contributed by atoms with Gasteiger partial charge in [0.2, 0.25) is 0 Å². The predicted octanol–water partition coefficient (Wildman–Crippen LogP) is 1.78. The molecule has 1 aromatic heterocycles. The molecule has 1 heterocycles. The minimum atomic E-state index is -0.948. The summed E-state index contributed by atoms with van der Waals surface area (Å²) in [4.78, 5) is 23.2. The molecule has 92 valence electrons. The SMILES string of the molecule is Cc1nc(CC(=O)O)nc(-c2ccccc2C)n1. The van der Waals surface area contributed by atoms with Crippen molar-refractivity contribution in [1.82, 2.24) is 15.0 Å². The van der Waals surface area contributed by atoms with Crippen LogP contribution in [0, 0.1) is 13.8 Å². The molecule has 0 saturated heterocycles. The summed E-state index contributed by atoms with van der Waals surface area (Å²) in [5.74, 6) is 0.390. The smallest absolute Gasteiger partial charge is 0.311 e. The van der Waals surface area contributed by atoms with E-state index >= 15 is 0 Å². The maximum Gasteiger partial charge on any atom is 0.311 e. The Morgan fingerprint density at radius 3 is 2.56 bits per heavy atom. The van der Waals surface area contributed by atoms with Crippen LogP contribution in [0.3, 0.4) is 0 Å². The van der Waals surface area contributed by atoms with E-state index in [1.807, 2.05) is 31.2 Å². The average Bonchev–Trinajstić information content (AvgIpc) is 2.27. The fourth-order valence-corrected chi connectivity index (χ4v) is 1.70. The van der Waals surface area contributed by atoms with Crippen LogP contribution in [-0.4, -0.2) is 26.0 Å². The number of aromatic nitrogens is 3. The molecule has 0 aliphatic heterocycles. The Bertz CT molecular complexity index is 597. The number of hydrogen-bond donors (Lipinski definition) is 1. The van der Waals surface area contributed by atoms with Crippen LogP contribution in [0.1, 0.15) is 17.2 Å². The van der Waals surface area contributed by atoms with E-state index in [1.54, 1.807) is 6.92 Å². The first-order chi connectivity index (χ1) is 8.56. The lowest BCUT2D eigenvalue weighted by Crippen LogP contribution is -2.08. The summed E-state index contributed by atoms with van der Waals surface area (Å²) in [6, 6.07) is 7.71. The highest BCUT2D eigenvalue weighted by Crippen LogP contribution is 2.19. The first-order valence-corrected chi connectivity index (χ1v) is 5.55. The van der Waals surface area contributed by atoms with Gasteiger partial charge in [0.25, 0.3) is 0 Å². The molecule has 5 heteroatoms. The van der Waals surface area contributed by atoms with Crippen LogP contribution in [0.5, 0.6) is 0 Å². The second-order valence-corrected chi connectivity index (χ2v) is 4.01. The van der Waals surface area contributed by atoms with Crippen molar-refractivity contribution in [2.75, 3.05) is 0 Å². The first-order valence-electron chi connectivity index (χ1n) is 5.55. The van der Waals surface area contributed by atoms with Gasteiger partial charge in [0, 0.05) is 5.56 Å². The summed E-state index contributed by atoms with van der Waals surface area (Å²) in [5, 5.41) is 8.77. The van der Waals surface area contributed by atoms with Crippen molar-refractivity contribution in [1.29, 1.82) is 0 Å². The van der Waals surface area contributed by atoms with E-state index in [1.165, 1.54) is 0 Å². The van der Waals surface area contributed by atoms with Gasteiger partial charge in [0.05, 0.1) is 0 Å². The fraction of sp³-hybridized carbons (Fsp3) is 0.231. The fourth-order valence-electron chi connectivity index (χ4n) is 1.70. The Kier molecular flexibility index (Phi) is 3.32. The highest BCUT2D eigenvalue weighted by molar-refractivity contribution is 5.69. The van der Waals surface area contributed by atoms with Crippen LogP contribution in [0.25, 0.3) is 11.4 Å². The van der Waals surface area contributed by atoms with Gasteiger partial charge in [0.1, 0.15) is 18.1 Å². The number of hydrogen-bond acceptors (Lipinski definition) is 4. The van der Waals surface area contributed by atoms with Crippen LogP contribution in [0.15, 0.2) is 24.3 Å². The molecule has 1 aromatic carbocycles. The van der Waals surface area contributed by atoms with E-state index in [0.29, 0.717) is 11.6 Å². The molecule has 1 N–H and O–H groups in total. The van der Waals surface area contributed by atoms with Crippen LogP contribution in [-0.2, 0) is 11.2 Å². The molecule has 0 aliphatic carbocycles. The third-order valence-corrected chi connectivity index (χ3v) is 2.49. The third-order valence-electron chi connectivity index (χ3n) is 2.49. The zero-order valence-electron chi connectivity index (χ0n) is 10.2. The number of aryl methyl sites for hydroxylation is 2. The van der Waals surface area contributed by atoms with Crippen molar-refractivity contribution < 1.29 is 9.90 Å². The molecule has 0 amide bonds. The van der Waals surface area contributed by atoms with Crippen molar-refractivity contribution in [3.8, 4) is 11.4 Å². The molecule has 2 rings (SSSR count). The number of rotatable bonds is 3. The van der Waals surface area contributed by atoms with Crippen LogP contribution < -0.4 is 0 Å². The van der Waals surface area contributed by atoms with E-state index in [4.69, 9.17) is 5.11 Å². The lowest BCUT2D eigenvalue weighted by Gasteiger charge is -2.06. The van der Waals surface area contributed by atoms with Gasteiger partial charge >= 0.3 is 5.97 Å². The van der Waals surface area contributed by atoms with Crippen LogP contribution >= 0.6 is 0 Å². The normalized spacial score (nSPS) is 10.3.